The van der Waals surface area contributed by atoms with E-state index >= 15 is 0 Å². The first kappa shape index (κ1) is 20.7. The maximum absolute atomic E-state index is 13.5. The second-order valence-electron chi connectivity index (χ2n) is 7.06. The van der Waals surface area contributed by atoms with E-state index in [1.54, 1.807) is 0 Å². The van der Waals surface area contributed by atoms with Gasteiger partial charge >= 0.3 is 5.97 Å². The average molecular weight is 372 g/mol. The maximum Gasteiger partial charge on any atom is 0.308 e. The Labute approximate surface area is 152 Å². The number of esters is 1. The van der Waals surface area contributed by atoms with Crippen LogP contribution in [0.1, 0.15) is 64.4 Å². The van der Waals surface area contributed by atoms with E-state index in [2.05, 4.69) is 6.92 Å². The van der Waals surface area contributed by atoms with Crippen LogP contribution in [0.2, 0.25) is 0 Å². The van der Waals surface area contributed by atoms with E-state index in [1.807, 2.05) is 6.92 Å². The Bertz CT molecular complexity index is 577. The zero-order chi connectivity index (χ0) is 19.1. The third-order valence-corrected chi connectivity index (χ3v) is 4.80. The fraction of sp³-hybridized carbons (Fsp3) is 0.650. The molecule has 0 spiro atoms. The highest BCUT2D eigenvalue weighted by atomic mass is 19.1. The highest BCUT2D eigenvalue weighted by Gasteiger charge is 2.34. The number of benzene rings is 1. The molecule has 0 bridgehead atoms. The summed E-state index contributed by atoms with van der Waals surface area (Å²) in [6.45, 7) is 3.75. The molecule has 0 radical (unpaired) electrons. The largest absolute Gasteiger partial charge is 0.462 e. The minimum absolute atomic E-state index is 0.116. The van der Waals surface area contributed by atoms with Crippen LogP contribution in [-0.4, -0.2) is 18.2 Å². The van der Waals surface area contributed by atoms with Gasteiger partial charge in [0.15, 0.2) is 0 Å². The zero-order valence-electron chi connectivity index (χ0n) is 15.4. The number of carbonyl (C=O) groups excluding carboxylic acids is 1. The van der Waals surface area contributed by atoms with Crippen molar-refractivity contribution in [2.24, 2.45) is 5.92 Å². The third kappa shape index (κ3) is 6.01. The van der Waals surface area contributed by atoms with Crippen molar-refractivity contribution in [1.29, 1.82) is 0 Å². The summed E-state index contributed by atoms with van der Waals surface area (Å²) in [6, 6.07) is 1.27. The summed E-state index contributed by atoms with van der Waals surface area (Å²) in [6.07, 6.45) is 5.93. The van der Waals surface area contributed by atoms with Crippen LogP contribution in [0.15, 0.2) is 12.1 Å². The first-order valence-electron chi connectivity index (χ1n) is 9.36. The monoisotopic (exact) mass is 372 g/mol. The Hall–Kier alpha value is -1.56. The fourth-order valence-electron chi connectivity index (χ4n) is 2.94. The van der Waals surface area contributed by atoms with Crippen LogP contribution in [0, 0.1) is 23.4 Å². The summed E-state index contributed by atoms with van der Waals surface area (Å²) in [4.78, 5) is 12.0. The second-order valence-corrected chi connectivity index (χ2v) is 7.06. The van der Waals surface area contributed by atoms with Crippen molar-refractivity contribution in [2.45, 2.75) is 77.6 Å². The summed E-state index contributed by atoms with van der Waals surface area (Å²) < 4.78 is 50.8. The lowest BCUT2D eigenvalue weighted by molar-refractivity contribution is -0.167. The van der Waals surface area contributed by atoms with Gasteiger partial charge in [-0.05, 0) is 6.42 Å². The number of ether oxygens (including phenoxy) is 2. The molecule has 1 aromatic carbocycles. The Morgan fingerprint density at radius 1 is 1.12 bits per heavy atom. The number of hydrogen-bond acceptors (Lipinski definition) is 3. The highest BCUT2D eigenvalue weighted by molar-refractivity contribution is 5.72. The molecule has 0 aromatic heterocycles. The predicted molar refractivity (Wildman–Crippen MR) is 91.9 cm³/mol. The standard InChI is InChI=1S/C20H27F3O3/c1-3-4-5-6-7-13(2)20(24)26-16-10-15(11-16)25-12-17-18(22)8-14(21)9-19(17)23/h8-9,13,15-16H,3-7,10-12H2,1-2H3. The van der Waals surface area contributed by atoms with Gasteiger partial charge in [0.05, 0.1) is 18.6 Å². The summed E-state index contributed by atoms with van der Waals surface area (Å²) in [5, 5.41) is 0. The summed E-state index contributed by atoms with van der Waals surface area (Å²) in [5.41, 5.74) is -0.285. The van der Waals surface area contributed by atoms with Crippen LogP contribution in [0.4, 0.5) is 13.2 Å². The zero-order valence-corrected chi connectivity index (χ0v) is 15.4. The first-order chi connectivity index (χ1) is 12.4. The molecule has 0 saturated heterocycles. The molecular formula is C20H27F3O3. The SMILES string of the molecule is CCCCCCC(C)C(=O)OC1CC(OCc2c(F)cc(F)cc2F)C1. The fourth-order valence-corrected chi connectivity index (χ4v) is 2.94. The maximum atomic E-state index is 13.5. The van der Waals surface area contributed by atoms with Crippen LogP contribution in [-0.2, 0) is 20.9 Å². The Balaban J connectivity index is 1.65. The van der Waals surface area contributed by atoms with Gasteiger partial charge in [0.2, 0.25) is 0 Å². The van der Waals surface area contributed by atoms with Gasteiger partial charge in [-0.1, -0.05) is 39.5 Å². The molecule has 1 unspecified atom stereocenters. The number of unbranched alkanes of at least 4 members (excludes halogenated alkanes) is 3. The minimum Gasteiger partial charge on any atom is -0.462 e. The smallest absolute Gasteiger partial charge is 0.308 e. The molecule has 1 aromatic rings. The molecule has 1 aliphatic rings. The third-order valence-electron chi connectivity index (χ3n) is 4.80. The van der Waals surface area contributed by atoms with Gasteiger partial charge in [0, 0.05) is 30.5 Å². The lowest BCUT2D eigenvalue weighted by Crippen LogP contribution is -2.39. The summed E-state index contributed by atoms with van der Waals surface area (Å²) in [7, 11) is 0. The van der Waals surface area contributed by atoms with Crippen molar-refractivity contribution in [1.82, 2.24) is 0 Å². The van der Waals surface area contributed by atoms with Crippen molar-refractivity contribution < 1.29 is 27.4 Å². The van der Waals surface area contributed by atoms with Gasteiger partial charge in [-0.15, -0.1) is 0 Å². The normalized spacial score (nSPS) is 20.5. The van der Waals surface area contributed by atoms with Crippen LogP contribution in [0.25, 0.3) is 0 Å². The van der Waals surface area contributed by atoms with E-state index in [0.717, 1.165) is 25.7 Å². The van der Waals surface area contributed by atoms with Gasteiger partial charge in [-0.3, -0.25) is 4.79 Å². The first-order valence-corrected chi connectivity index (χ1v) is 9.36. The molecule has 1 fully saturated rings. The molecule has 26 heavy (non-hydrogen) atoms. The number of carbonyl (C=O) groups is 1. The molecule has 0 N–H and O–H groups in total. The van der Waals surface area contributed by atoms with Crippen molar-refractivity contribution in [3.8, 4) is 0 Å². The van der Waals surface area contributed by atoms with E-state index in [1.165, 1.54) is 6.42 Å². The van der Waals surface area contributed by atoms with Crippen LogP contribution in [0.5, 0.6) is 0 Å². The van der Waals surface area contributed by atoms with E-state index in [4.69, 9.17) is 9.47 Å². The van der Waals surface area contributed by atoms with Gasteiger partial charge in [0.25, 0.3) is 0 Å². The quantitative estimate of drug-likeness (QED) is 0.413. The predicted octanol–water partition coefficient (Wildman–Crippen LogP) is 5.30. The molecule has 0 heterocycles. The molecule has 6 heteroatoms. The number of halogens is 3. The number of hydrogen-bond donors (Lipinski definition) is 0. The average Bonchev–Trinajstić information content (AvgIpc) is 2.54. The molecule has 3 nitrogen and oxygen atoms in total. The molecule has 1 saturated carbocycles. The van der Waals surface area contributed by atoms with E-state index in [0.29, 0.717) is 25.0 Å². The highest BCUT2D eigenvalue weighted by Crippen LogP contribution is 2.29. The Morgan fingerprint density at radius 3 is 2.38 bits per heavy atom. The van der Waals surface area contributed by atoms with Crippen molar-refractivity contribution in [3.05, 3.63) is 35.1 Å². The lowest BCUT2D eigenvalue weighted by Gasteiger charge is -2.35. The van der Waals surface area contributed by atoms with E-state index in [-0.39, 0.29) is 36.3 Å². The van der Waals surface area contributed by atoms with Gasteiger partial charge in [-0.2, -0.15) is 0 Å². The summed E-state index contributed by atoms with van der Waals surface area (Å²) >= 11 is 0. The Kier molecular flexibility index (Phi) is 7.94. The molecule has 1 aliphatic carbocycles. The number of rotatable bonds is 10. The van der Waals surface area contributed by atoms with Gasteiger partial charge in [-0.25, -0.2) is 13.2 Å². The lowest BCUT2D eigenvalue weighted by atomic mass is 9.91. The van der Waals surface area contributed by atoms with E-state index in [9.17, 15) is 18.0 Å². The Morgan fingerprint density at radius 2 is 1.77 bits per heavy atom. The van der Waals surface area contributed by atoms with Crippen molar-refractivity contribution in [2.75, 3.05) is 0 Å². The van der Waals surface area contributed by atoms with Crippen molar-refractivity contribution in [3.63, 3.8) is 0 Å². The van der Waals surface area contributed by atoms with Crippen LogP contribution < -0.4 is 0 Å². The van der Waals surface area contributed by atoms with Gasteiger partial charge in [0.1, 0.15) is 23.6 Å². The molecule has 1 atom stereocenters. The molecule has 146 valence electrons. The second kappa shape index (κ2) is 9.95. The van der Waals surface area contributed by atoms with Gasteiger partial charge < -0.3 is 9.47 Å². The molecule has 2 rings (SSSR count). The minimum atomic E-state index is -0.957. The molecular weight excluding hydrogens is 345 g/mol. The van der Waals surface area contributed by atoms with Crippen LogP contribution in [0.3, 0.4) is 0 Å². The molecule has 0 aliphatic heterocycles. The summed E-state index contributed by atoms with van der Waals surface area (Å²) in [5.74, 6) is -3.18. The van der Waals surface area contributed by atoms with Crippen LogP contribution >= 0.6 is 0 Å². The topological polar surface area (TPSA) is 35.5 Å². The van der Waals surface area contributed by atoms with Crippen molar-refractivity contribution >= 4 is 5.97 Å². The van der Waals surface area contributed by atoms with E-state index < -0.39 is 17.5 Å². The molecule has 0 amide bonds.